The van der Waals surface area contributed by atoms with Gasteiger partial charge in [-0.2, -0.15) is 13.2 Å². The predicted molar refractivity (Wildman–Crippen MR) is 75.6 cm³/mol. The van der Waals surface area contributed by atoms with Gasteiger partial charge in [0, 0.05) is 19.6 Å². The van der Waals surface area contributed by atoms with Crippen LogP contribution in [-0.4, -0.2) is 36.8 Å². The van der Waals surface area contributed by atoms with Gasteiger partial charge in [-0.15, -0.1) is 0 Å². The maximum atomic E-state index is 13.0. The first-order chi connectivity index (χ1) is 9.79. The maximum absolute atomic E-state index is 13.0. The van der Waals surface area contributed by atoms with Crippen LogP contribution in [0.4, 0.5) is 24.8 Å². The van der Waals surface area contributed by atoms with Gasteiger partial charge in [-0.05, 0) is 32.9 Å². The largest absolute Gasteiger partial charge is 0.416 e. The van der Waals surface area contributed by atoms with E-state index in [1.807, 2.05) is 25.7 Å². The first-order valence-electron chi connectivity index (χ1n) is 7.03. The van der Waals surface area contributed by atoms with Crippen molar-refractivity contribution in [1.29, 1.82) is 0 Å². The third kappa shape index (κ3) is 4.00. The van der Waals surface area contributed by atoms with Gasteiger partial charge in [-0.3, -0.25) is 0 Å². The molecular formula is C14H20F3N3O. The molecule has 1 aromatic heterocycles. The van der Waals surface area contributed by atoms with Crippen molar-refractivity contribution < 1.29 is 17.9 Å². The van der Waals surface area contributed by atoms with E-state index in [4.69, 9.17) is 4.74 Å². The molecule has 0 radical (unpaired) electrons. The number of halogens is 3. The number of aromatic nitrogens is 1. The molecule has 1 aliphatic rings. The van der Waals surface area contributed by atoms with Crippen LogP contribution in [-0.2, 0) is 10.9 Å². The van der Waals surface area contributed by atoms with Crippen LogP contribution in [0.5, 0.6) is 0 Å². The highest BCUT2D eigenvalue weighted by Gasteiger charge is 2.33. The van der Waals surface area contributed by atoms with Crippen molar-refractivity contribution in [3.05, 3.63) is 17.7 Å². The van der Waals surface area contributed by atoms with Crippen molar-refractivity contribution >= 4 is 11.6 Å². The maximum Gasteiger partial charge on any atom is 0.416 e. The zero-order valence-corrected chi connectivity index (χ0v) is 12.4. The Bertz CT molecular complexity index is 483. The number of alkyl halides is 3. The molecule has 0 aromatic carbocycles. The SMILES string of the molecule is CCNc1cc(C(F)(F)F)cc(N2CC(C)OC(C)C2)n1. The van der Waals surface area contributed by atoms with E-state index in [2.05, 4.69) is 10.3 Å². The molecule has 1 fully saturated rings. The number of rotatable bonds is 3. The van der Waals surface area contributed by atoms with Gasteiger partial charge in [0.05, 0.1) is 17.8 Å². The average molecular weight is 303 g/mol. The van der Waals surface area contributed by atoms with Gasteiger partial charge in [0.15, 0.2) is 0 Å². The third-order valence-electron chi connectivity index (χ3n) is 3.24. The molecule has 7 heteroatoms. The van der Waals surface area contributed by atoms with Gasteiger partial charge in [0.1, 0.15) is 11.6 Å². The Kier molecular flexibility index (Phi) is 4.61. The van der Waals surface area contributed by atoms with E-state index in [0.29, 0.717) is 25.5 Å². The number of ether oxygens (including phenoxy) is 1. The molecule has 2 rings (SSSR count). The van der Waals surface area contributed by atoms with Crippen molar-refractivity contribution in [2.45, 2.75) is 39.2 Å². The van der Waals surface area contributed by atoms with Crippen molar-refractivity contribution in [3.8, 4) is 0 Å². The molecular weight excluding hydrogens is 283 g/mol. The number of nitrogens with one attached hydrogen (secondary N) is 1. The average Bonchev–Trinajstić information content (AvgIpc) is 2.36. The van der Waals surface area contributed by atoms with Crippen molar-refractivity contribution in [3.63, 3.8) is 0 Å². The molecule has 2 unspecified atom stereocenters. The van der Waals surface area contributed by atoms with Crippen LogP contribution in [0.2, 0.25) is 0 Å². The number of morpholine rings is 1. The second kappa shape index (κ2) is 6.09. The van der Waals surface area contributed by atoms with Crippen LogP contribution in [0.3, 0.4) is 0 Å². The van der Waals surface area contributed by atoms with E-state index in [0.717, 1.165) is 12.1 Å². The summed E-state index contributed by atoms with van der Waals surface area (Å²) in [7, 11) is 0. The summed E-state index contributed by atoms with van der Waals surface area (Å²) < 4.78 is 44.6. The van der Waals surface area contributed by atoms with Crippen LogP contribution in [0.1, 0.15) is 26.3 Å². The van der Waals surface area contributed by atoms with Crippen LogP contribution in [0.25, 0.3) is 0 Å². The number of anilines is 2. The smallest absolute Gasteiger partial charge is 0.372 e. The second-order valence-corrected chi connectivity index (χ2v) is 5.29. The molecule has 0 saturated carbocycles. The Labute approximate surface area is 122 Å². The summed E-state index contributed by atoms with van der Waals surface area (Å²) in [5.74, 6) is 0.580. The molecule has 0 amide bonds. The van der Waals surface area contributed by atoms with Gasteiger partial charge in [-0.1, -0.05) is 0 Å². The first kappa shape index (κ1) is 15.9. The normalized spacial score (nSPS) is 23.2. The first-order valence-corrected chi connectivity index (χ1v) is 7.03. The highest BCUT2D eigenvalue weighted by Crippen LogP contribution is 2.33. The molecule has 0 spiro atoms. The Morgan fingerprint density at radius 3 is 2.43 bits per heavy atom. The Hall–Kier alpha value is -1.50. The molecule has 0 bridgehead atoms. The zero-order valence-electron chi connectivity index (χ0n) is 12.4. The number of nitrogens with zero attached hydrogens (tertiary/aromatic N) is 2. The van der Waals surface area contributed by atoms with E-state index >= 15 is 0 Å². The lowest BCUT2D eigenvalue weighted by Gasteiger charge is -2.36. The zero-order chi connectivity index (χ0) is 15.6. The highest BCUT2D eigenvalue weighted by molar-refractivity contribution is 5.51. The van der Waals surface area contributed by atoms with Crippen molar-refractivity contribution in [2.24, 2.45) is 0 Å². The van der Waals surface area contributed by atoms with Gasteiger partial charge in [-0.25, -0.2) is 4.98 Å². The summed E-state index contributed by atoms with van der Waals surface area (Å²) in [5, 5.41) is 2.85. The highest BCUT2D eigenvalue weighted by atomic mass is 19.4. The standard InChI is InChI=1S/C14H20F3N3O/c1-4-18-12-5-11(14(15,16)17)6-13(19-12)20-7-9(2)21-10(3)8-20/h5-6,9-10H,4,7-8H2,1-3H3,(H,18,19). The molecule has 1 saturated heterocycles. The summed E-state index contributed by atoms with van der Waals surface area (Å²) in [5.41, 5.74) is -0.685. The van der Waals surface area contributed by atoms with Crippen LogP contribution >= 0.6 is 0 Å². The quantitative estimate of drug-likeness (QED) is 0.931. The number of pyridine rings is 1. The third-order valence-corrected chi connectivity index (χ3v) is 3.24. The van der Waals surface area contributed by atoms with E-state index in [1.165, 1.54) is 0 Å². The molecule has 0 aliphatic carbocycles. The van der Waals surface area contributed by atoms with E-state index in [-0.39, 0.29) is 18.0 Å². The van der Waals surface area contributed by atoms with Crippen LogP contribution in [0, 0.1) is 0 Å². The Morgan fingerprint density at radius 1 is 1.29 bits per heavy atom. The van der Waals surface area contributed by atoms with Crippen LogP contribution < -0.4 is 10.2 Å². The summed E-state index contributed by atoms with van der Waals surface area (Å²) in [6.07, 6.45) is -4.45. The van der Waals surface area contributed by atoms with E-state index in [9.17, 15) is 13.2 Å². The van der Waals surface area contributed by atoms with Gasteiger partial charge in [0.2, 0.25) is 0 Å². The van der Waals surface area contributed by atoms with Gasteiger partial charge < -0.3 is 15.0 Å². The second-order valence-electron chi connectivity index (χ2n) is 5.29. The number of hydrogen-bond donors (Lipinski definition) is 1. The fraction of sp³-hybridized carbons (Fsp3) is 0.643. The summed E-state index contributed by atoms with van der Waals surface area (Å²) in [4.78, 5) is 6.13. The fourth-order valence-electron chi connectivity index (χ4n) is 2.48. The van der Waals surface area contributed by atoms with Crippen molar-refractivity contribution in [2.75, 3.05) is 29.9 Å². The van der Waals surface area contributed by atoms with Gasteiger partial charge in [0.25, 0.3) is 0 Å². The Balaban J connectivity index is 2.35. The molecule has 21 heavy (non-hydrogen) atoms. The van der Waals surface area contributed by atoms with E-state index in [1.54, 1.807) is 0 Å². The lowest BCUT2D eigenvalue weighted by atomic mass is 10.2. The Morgan fingerprint density at radius 2 is 1.90 bits per heavy atom. The lowest BCUT2D eigenvalue weighted by Crippen LogP contribution is -2.46. The molecule has 2 atom stereocenters. The predicted octanol–water partition coefficient (Wildman–Crippen LogP) is 3.15. The summed E-state index contributed by atoms with van der Waals surface area (Å²) >= 11 is 0. The minimum absolute atomic E-state index is 0.0346. The molecule has 1 N–H and O–H groups in total. The summed E-state index contributed by atoms with van der Waals surface area (Å²) in [6.45, 7) is 7.21. The topological polar surface area (TPSA) is 37.4 Å². The minimum Gasteiger partial charge on any atom is -0.372 e. The van der Waals surface area contributed by atoms with Crippen molar-refractivity contribution in [1.82, 2.24) is 4.98 Å². The molecule has 1 aromatic rings. The fourth-order valence-corrected chi connectivity index (χ4v) is 2.48. The monoisotopic (exact) mass is 303 g/mol. The molecule has 118 valence electrons. The van der Waals surface area contributed by atoms with Crippen LogP contribution in [0.15, 0.2) is 12.1 Å². The minimum atomic E-state index is -4.38. The van der Waals surface area contributed by atoms with Gasteiger partial charge >= 0.3 is 6.18 Å². The number of hydrogen-bond acceptors (Lipinski definition) is 4. The molecule has 4 nitrogen and oxygen atoms in total. The summed E-state index contributed by atoms with van der Waals surface area (Å²) in [6, 6.07) is 2.14. The molecule has 1 aliphatic heterocycles. The lowest BCUT2D eigenvalue weighted by molar-refractivity contribution is -0.137. The van der Waals surface area contributed by atoms with E-state index < -0.39 is 11.7 Å². The molecule has 2 heterocycles.